The van der Waals surface area contributed by atoms with Crippen LogP contribution in [0.15, 0.2) is 10.2 Å². The molecular formula is C7H10N6O2. The largest absolute Gasteiger partial charge is 0.373 e. The zero-order chi connectivity index (χ0) is 10.7. The molecule has 0 saturated carbocycles. The van der Waals surface area contributed by atoms with Crippen molar-refractivity contribution in [1.29, 1.82) is 0 Å². The normalized spacial score (nSPS) is 37.9. The molecule has 0 radical (unpaired) electrons. The molecule has 2 unspecified atom stereocenters. The van der Waals surface area contributed by atoms with Crippen LogP contribution in [0.4, 0.5) is 0 Å². The van der Waals surface area contributed by atoms with Crippen LogP contribution in [0.1, 0.15) is 12.8 Å². The molecule has 8 nitrogen and oxygen atoms in total. The lowest BCUT2D eigenvalue weighted by atomic mass is 10.00. The molecular weight excluding hydrogens is 200 g/mol. The molecule has 2 rings (SSSR count). The SMILES string of the molecule is [N-]=[N+]=NC1CCO[C@@]1(CC1CO1)N=[N+]=[N-]. The fraction of sp³-hybridized carbons (Fsp3) is 1.00. The van der Waals surface area contributed by atoms with Gasteiger partial charge in [0.2, 0.25) is 0 Å². The van der Waals surface area contributed by atoms with Crippen LogP contribution >= 0.6 is 0 Å². The molecule has 2 aliphatic heterocycles. The van der Waals surface area contributed by atoms with E-state index in [1.807, 2.05) is 0 Å². The number of azide groups is 2. The second-order valence-corrected chi connectivity index (χ2v) is 3.55. The van der Waals surface area contributed by atoms with Crippen molar-refractivity contribution in [3.05, 3.63) is 20.9 Å². The van der Waals surface area contributed by atoms with Crippen molar-refractivity contribution in [2.24, 2.45) is 10.2 Å². The quantitative estimate of drug-likeness (QED) is 0.304. The first-order valence-electron chi connectivity index (χ1n) is 4.67. The molecule has 0 aromatic heterocycles. The van der Waals surface area contributed by atoms with Crippen LogP contribution in [0, 0.1) is 0 Å². The fourth-order valence-electron chi connectivity index (χ4n) is 1.80. The Labute approximate surface area is 85.4 Å². The zero-order valence-electron chi connectivity index (χ0n) is 7.98. The molecule has 8 heteroatoms. The van der Waals surface area contributed by atoms with Crippen molar-refractivity contribution in [2.75, 3.05) is 13.2 Å². The van der Waals surface area contributed by atoms with E-state index in [9.17, 15) is 0 Å². The topological polar surface area (TPSA) is 119 Å². The Balaban J connectivity index is 2.21. The smallest absolute Gasteiger partial charge is 0.158 e. The Hall–Kier alpha value is -1.46. The van der Waals surface area contributed by atoms with Crippen molar-refractivity contribution >= 4 is 0 Å². The van der Waals surface area contributed by atoms with Gasteiger partial charge in [-0.2, -0.15) is 0 Å². The average molecular weight is 210 g/mol. The van der Waals surface area contributed by atoms with E-state index in [0.29, 0.717) is 26.1 Å². The van der Waals surface area contributed by atoms with Crippen molar-refractivity contribution in [1.82, 2.24) is 0 Å². The number of hydrogen-bond donors (Lipinski definition) is 0. The van der Waals surface area contributed by atoms with E-state index in [0.717, 1.165) is 0 Å². The molecule has 0 aromatic rings. The van der Waals surface area contributed by atoms with Crippen LogP contribution in [-0.4, -0.2) is 31.1 Å². The minimum atomic E-state index is -1.04. The molecule has 15 heavy (non-hydrogen) atoms. The van der Waals surface area contributed by atoms with Crippen molar-refractivity contribution in [3.63, 3.8) is 0 Å². The number of ether oxygens (including phenoxy) is 2. The summed E-state index contributed by atoms with van der Waals surface area (Å²) >= 11 is 0. The van der Waals surface area contributed by atoms with Crippen LogP contribution in [0.25, 0.3) is 20.9 Å². The molecule has 2 saturated heterocycles. The summed E-state index contributed by atoms with van der Waals surface area (Å²) in [6.45, 7) is 1.09. The second kappa shape index (κ2) is 3.96. The highest BCUT2D eigenvalue weighted by Crippen LogP contribution is 2.37. The Morgan fingerprint density at radius 3 is 2.80 bits per heavy atom. The third-order valence-corrected chi connectivity index (χ3v) is 2.59. The van der Waals surface area contributed by atoms with Gasteiger partial charge in [-0.25, -0.2) is 0 Å². The summed E-state index contributed by atoms with van der Waals surface area (Å²) in [5, 5.41) is 7.26. The maximum Gasteiger partial charge on any atom is 0.158 e. The molecule has 0 spiro atoms. The summed E-state index contributed by atoms with van der Waals surface area (Å²) in [6.07, 6.45) is 1.10. The first-order chi connectivity index (χ1) is 7.30. The fourth-order valence-corrected chi connectivity index (χ4v) is 1.80. The lowest BCUT2D eigenvalue weighted by Gasteiger charge is -2.25. The number of nitrogens with zero attached hydrogens (tertiary/aromatic N) is 6. The van der Waals surface area contributed by atoms with E-state index < -0.39 is 11.8 Å². The van der Waals surface area contributed by atoms with Crippen molar-refractivity contribution in [3.8, 4) is 0 Å². The van der Waals surface area contributed by atoms with Gasteiger partial charge in [-0.1, -0.05) is 10.2 Å². The average Bonchev–Trinajstić information content (AvgIpc) is 2.93. The van der Waals surface area contributed by atoms with Gasteiger partial charge in [0.15, 0.2) is 5.72 Å². The van der Waals surface area contributed by atoms with Gasteiger partial charge in [0, 0.05) is 22.9 Å². The van der Waals surface area contributed by atoms with Crippen LogP contribution in [0.5, 0.6) is 0 Å². The number of epoxide rings is 1. The predicted molar refractivity (Wildman–Crippen MR) is 49.7 cm³/mol. The van der Waals surface area contributed by atoms with Crippen LogP contribution in [0.3, 0.4) is 0 Å². The first kappa shape index (κ1) is 10.1. The summed E-state index contributed by atoms with van der Waals surface area (Å²) < 4.78 is 10.5. The van der Waals surface area contributed by atoms with Gasteiger partial charge in [0.05, 0.1) is 18.8 Å². The Bertz CT molecular complexity index is 343. The third kappa shape index (κ3) is 1.98. The van der Waals surface area contributed by atoms with E-state index in [-0.39, 0.29) is 6.10 Å². The molecule has 0 bridgehead atoms. The second-order valence-electron chi connectivity index (χ2n) is 3.55. The summed E-state index contributed by atoms with van der Waals surface area (Å²) in [5.41, 5.74) is 15.9. The lowest BCUT2D eigenvalue weighted by Crippen LogP contribution is -2.37. The molecule has 0 aromatic carbocycles. The number of rotatable bonds is 4. The zero-order valence-corrected chi connectivity index (χ0v) is 7.98. The summed E-state index contributed by atoms with van der Waals surface area (Å²) in [4.78, 5) is 5.51. The highest BCUT2D eigenvalue weighted by Gasteiger charge is 2.47. The highest BCUT2D eigenvalue weighted by atomic mass is 16.6. The van der Waals surface area contributed by atoms with E-state index in [1.54, 1.807) is 0 Å². The third-order valence-electron chi connectivity index (χ3n) is 2.59. The van der Waals surface area contributed by atoms with E-state index in [2.05, 4.69) is 20.1 Å². The van der Waals surface area contributed by atoms with Crippen molar-refractivity contribution in [2.45, 2.75) is 30.7 Å². The molecule has 2 fully saturated rings. The first-order valence-corrected chi connectivity index (χ1v) is 4.67. The van der Waals surface area contributed by atoms with Gasteiger partial charge in [0.25, 0.3) is 0 Å². The van der Waals surface area contributed by atoms with E-state index in [1.165, 1.54) is 0 Å². The molecule has 0 aliphatic carbocycles. The van der Waals surface area contributed by atoms with Crippen LogP contribution in [0.2, 0.25) is 0 Å². The van der Waals surface area contributed by atoms with Crippen LogP contribution < -0.4 is 0 Å². The van der Waals surface area contributed by atoms with Gasteiger partial charge in [-0.15, -0.1) is 0 Å². The van der Waals surface area contributed by atoms with E-state index in [4.69, 9.17) is 20.5 Å². The van der Waals surface area contributed by atoms with Gasteiger partial charge in [-0.05, 0) is 17.5 Å². The molecule has 2 aliphatic rings. The minimum Gasteiger partial charge on any atom is -0.373 e. The molecule has 80 valence electrons. The summed E-state index contributed by atoms with van der Waals surface area (Å²) in [5.74, 6) is 0. The summed E-state index contributed by atoms with van der Waals surface area (Å²) in [7, 11) is 0. The van der Waals surface area contributed by atoms with Gasteiger partial charge < -0.3 is 9.47 Å². The Kier molecular flexibility index (Phi) is 2.66. The predicted octanol–water partition coefficient (Wildman–Crippen LogP) is 1.88. The van der Waals surface area contributed by atoms with E-state index >= 15 is 0 Å². The number of hydrogen-bond acceptors (Lipinski definition) is 4. The maximum absolute atomic E-state index is 8.51. The maximum atomic E-state index is 8.51. The van der Waals surface area contributed by atoms with Gasteiger partial charge in [-0.3, -0.25) is 0 Å². The molecule has 0 N–H and O–H groups in total. The van der Waals surface area contributed by atoms with Gasteiger partial charge in [0.1, 0.15) is 0 Å². The molecule has 2 heterocycles. The van der Waals surface area contributed by atoms with Gasteiger partial charge >= 0.3 is 0 Å². The lowest BCUT2D eigenvalue weighted by molar-refractivity contribution is -0.0105. The monoisotopic (exact) mass is 210 g/mol. The minimum absolute atomic E-state index is 0.0602. The molecule has 3 atom stereocenters. The Morgan fingerprint density at radius 1 is 1.40 bits per heavy atom. The standard InChI is InChI=1S/C7H10N6O2/c8-12-10-6-1-2-15-7(6,11-13-9)3-5-4-14-5/h5-6H,1-4H2/t5?,6?,7-/m1/s1. The highest BCUT2D eigenvalue weighted by molar-refractivity contribution is 4.99. The van der Waals surface area contributed by atoms with Crippen LogP contribution in [-0.2, 0) is 9.47 Å². The Morgan fingerprint density at radius 2 is 2.20 bits per heavy atom. The summed E-state index contributed by atoms with van der Waals surface area (Å²) in [6, 6.07) is -0.428. The van der Waals surface area contributed by atoms with Crippen molar-refractivity contribution < 1.29 is 9.47 Å². The molecule has 0 amide bonds.